The molecule has 2 aliphatic rings. The van der Waals surface area contributed by atoms with Crippen molar-refractivity contribution in [1.82, 2.24) is 47.4 Å². The predicted octanol–water partition coefficient (Wildman–Crippen LogP) is -1.44. The van der Waals surface area contributed by atoms with Crippen LogP contribution in [0.15, 0.2) is 24.3 Å². The number of amides is 11. The van der Waals surface area contributed by atoms with Crippen molar-refractivity contribution in [3.63, 3.8) is 0 Å². The average molecular weight is 1110 g/mol. The van der Waals surface area contributed by atoms with E-state index in [-0.39, 0.29) is 55.4 Å². The number of rotatable bonds is 18. The number of nitrogens with one attached hydrogen (secondary N) is 8. The number of aliphatic carboxylic acids is 1. The smallest absolute Gasteiger partial charge is 0.408 e. The molecule has 2 fully saturated rings. The summed E-state index contributed by atoms with van der Waals surface area (Å²) in [7, 11) is 1.87. The van der Waals surface area contributed by atoms with Crippen LogP contribution in [0, 0.1) is 11.8 Å². The van der Waals surface area contributed by atoms with Crippen molar-refractivity contribution in [2.24, 2.45) is 23.3 Å². The fourth-order valence-electron chi connectivity index (χ4n) is 7.88. The van der Waals surface area contributed by atoms with E-state index in [1.54, 1.807) is 48.5 Å². The van der Waals surface area contributed by atoms with E-state index in [2.05, 4.69) is 42.5 Å². The Balaban J connectivity index is 2.17. The van der Waals surface area contributed by atoms with Crippen molar-refractivity contribution in [3.05, 3.63) is 29.8 Å². The van der Waals surface area contributed by atoms with Crippen LogP contribution >= 0.6 is 21.6 Å². The molecule has 0 unspecified atom stereocenters. The molecule has 422 valence electrons. The molecule has 28 heteroatoms. The van der Waals surface area contributed by atoms with E-state index in [0.717, 1.165) is 21.6 Å². The molecule has 2 heterocycles. The number of primary amides is 2. The highest BCUT2D eigenvalue weighted by Gasteiger charge is 2.41. The van der Waals surface area contributed by atoms with Gasteiger partial charge in [-0.1, -0.05) is 67.8 Å². The number of ether oxygens (including phenoxy) is 1. The summed E-state index contributed by atoms with van der Waals surface area (Å²) >= 11 is 0. The van der Waals surface area contributed by atoms with E-state index < -0.39 is 157 Å². The van der Waals surface area contributed by atoms with Crippen molar-refractivity contribution < 1.29 is 72.5 Å². The molecule has 0 spiro atoms. The van der Waals surface area contributed by atoms with Crippen molar-refractivity contribution in [3.8, 4) is 5.75 Å². The first kappa shape index (κ1) is 63.5. The third-order valence-electron chi connectivity index (χ3n) is 11.9. The van der Waals surface area contributed by atoms with Gasteiger partial charge in [0.2, 0.25) is 59.1 Å². The Morgan fingerprint density at radius 1 is 0.816 bits per heavy atom. The number of aromatic hydroxyl groups is 1. The number of nitrogens with two attached hydrogens (primary N) is 2. The van der Waals surface area contributed by atoms with Gasteiger partial charge in [-0.15, -0.1) is 0 Å². The summed E-state index contributed by atoms with van der Waals surface area (Å²) in [5.74, 6) is -12.0. The quantitative estimate of drug-likeness (QED) is 0.0749. The number of likely N-dealkylation sites (tertiary alicyclic amines) is 1. The van der Waals surface area contributed by atoms with Crippen molar-refractivity contribution >= 4 is 92.7 Å². The number of phenols is 1. The average Bonchev–Trinajstić information content (AvgIpc) is 3.83. The molecule has 2 saturated heterocycles. The number of carbonyl (C=O) groups is 12. The van der Waals surface area contributed by atoms with Gasteiger partial charge in [0.25, 0.3) is 0 Å². The molecule has 26 nitrogen and oxygen atoms in total. The molecule has 2 aliphatic heterocycles. The fourth-order valence-corrected chi connectivity index (χ4v) is 10.2. The topological polar surface area (TPSA) is 406 Å². The summed E-state index contributed by atoms with van der Waals surface area (Å²) in [6.45, 7) is 11.0. The molecular weight excluding hydrogens is 1030 g/mol. The Morgan fingerprint density at radius 2 is 1.42 bits per heavy atom. The number of alkyl carbamates (subject to hydrolysis) is 1. The molecule has 0 bridgehead atoms. The zero-order valence-corrected chi connectivity index (χ0v) is 45.3. The maximum Gasteiger partial charge on any atom is 0.408 e. The normalized spacial score (nSPS) is 23.2. The number of carboxylic acid groups (broad SMARTS) is 1. The second-order valence-electron chi connectivity index (χ2n) is 19.9. The first-order valence-electron chi connectivity index (χ1n) is 24.8. The van der Waals surface area contributed by atoms with Gasteiger partial charge < -0.3 is 73.9 Å². The second-order valence-corrected chi connectivity index (χ2v) is 22.5. The Bertz CT molecular complexity index is 2280. The lowest BCUT2D eigenvalue weighted by Crippen LogP contribution is -2.62. The van der Waals surface area contributed by atoms with Crippen LogP contribution in [-0.2, 0) is 63.9 Å². The van der Waals surface area contributed by atoms with Crippen LogP contribution in [0.2, 0.25) is 0 Å². The highest BCUT2D eigenvalue weighted by atomic mass is 33.1. The first-order valence-corrected chi connectivity index (χ1v) is 27.3. The Labute approximate surface area is 448 Å². The maximum absolute atomic E-state index is 14.7. The van der Waals surface area contributed by atoms with Crippen LogP contribution < -0.4 is 54.0 Å². The van der Waals surface area contributed by atoms with E-state index >= 15 is 0 Å². The molecular formula is C48H73N11O15S2. The number of nitrogens with zero attached hydrogens (tertiary/aromatic N) is 1. The van der Waals surface area contributed by atoms with Crippen molar-refractivity contribution in [2.75, 3.05) is 24.6 Å². The summed E-state index contributed by atoms with van der Waals surface area (Å²) in [5.41, 5.74) is 10.4. The molecule has 76 heavy (non-hydrogen) atoms. The minimum atomic E-state index is -1.81. The lowest BCUT2D eigenvalue weighted by atomic mass is 9.96. The van der Waals surface area contributed by atoms with Gasteiger partial charge in [-0.05, 0) is 76.0 Å². The van der Waals surface area contributed by atoms with Gasteiger partial charge in [0, 0.05) is 30.9 Å². The lowest BCUT2D eigenvalue weighted by Gasteiger charge is -2.31. The largest absolute Gasteiger partial charge is 0.508 e. The van der Waals surface area contributed by atoms with Gasteiger partial charge in [0.1, 0.15) is 66.2 Å². The van der Waals surface area contributed by atoms with Crippen molar-refractivity contribution in [2.45, 2.75) is 154 Å². The molecule has 14 N–H and O–H groups in total. The molecule has 11 amide bonds. The summed E-state index contributed by atoms with van der Waals surface area (Å²) in [6.07, 6.45) is -2.15. The number of hydrogen-bond acceptors (Lipinski definition) is 16. The number of phenolic OH excluding ortho intramolecular Hbond substituents is 1. The third-order valence-corrected chi connectivity index (χ3v) is 14.3. The van der Waals surface area contributed by atoms with E-state index in [9.17, 15) is 62.6 Å². The Morgan fingerprint density at radius 3 is 2.01 bits per heavy atom. The van der Waals surface area contributed by atoms with Crippen LogP contribution in [0.25, 0.3) is 0 Å². The van der Waals surface area contributed by atoms with E-state index in [1.807, 2.05) is 0 Å². The second kappa shape index (κ2) is 30.0. The number of carbonyl (C=O) groups excluding carboxylic acids is 11. The highest BCUT2D eigenvalue weighted by molar-refractivity contribution is 8.76. The van der Waals surface area contributed by atoms with E-state index in [1.165, 1.54) is 29.2 Å². The molecule has 0 radical (unpaired) electrons. The molecule has 0 saturated carbocycles. The van der Waals surface area contributed by atoms with Crippen molar-refractivity contribution in [1.29, 1.82) is 0 Å². The number of hydrogen-bond donors (Lipinski definition) is 12. The Hall–Kier alpha value is -6.84. The first-order chi connectivity index (χ1) is 35.6. The van der Waals surface area contributed by atoms with Crippen LogP contribution in [0.5, 0.6) is 5.75 Å². The predicted molar refractivity (Wildman–Crippen MR) is 278 cm³/mol. The summed E-state index contributed by atoms with van der Waals surface area (Å²) in [5, 5.41) is 39.3. The highest BCUT2D eigenvalue weighted by Crippen LogP contribution is 2.27. The van der Waals surface area contributed by atoms with Crippen LogP contribution in [0.4, 0.5) is 4.79 Å². The zero-order chi connectivity index (χ0) is 57.0. The molecule has 1 aromatic carbocycles. The van der Waals surface area contributed by atoms with Crippen LogP contribution in [0.1, 0.15) is 99.0 Å². The molecule has 0 aliphatic carbocycles. The molecule has 3 rings (SSSR count). The monoisotopic (exact) mass is 1110 g/mol. The third kappa shape index (κ3) is 21.4. The van der Waals surface area contributed by atoms with Crippen LogP contribution in [-0.4, -0.2) is 165 Å². The SMILES string of the molecule is CC[C@H](C)[C@@H]1NC(=O)[C@H](Cc2ccc(O)cc2)NC(=O)[C@@H](NC(=O)OC(C)(C)C)CSSC[C@@H](C(=O)N2CCC[C@H]2C(=O)N[C@@H](CC(C)C)C(=O)NCC(=O)O)NC(=O)[C@H](CC(N)=O)NC(=O)[C@H](CCC(N)=O)NC1=O. The maximum atomic E-state index is 14.7. The Kier molecular flexibility index (Phi) is 25.1. The molecule has 9 atom stereocenters. The standard InChI is InChI=1S/C48H73N11O15S2/c1-8-25(4)38-45(71)52-28(15-16-35(49)61)40(66)54-31(20-36(50)62)41(67)56-33(46(72)59-17-9-10-34(59)44(70)55-29(18-24(2)3)39(65)51-21-37(63)64)23-76-75-22-32(57-47(73)74-48(5,6)7)43(69)53-30(42(68)58-38)19-26-11-13-27(60)14-12-26/h11-14,24-25,28-34,38,60H,8-10,15-23H2,1-7H3,(H2,49,61)(H2,50,62)(H,51,65)(H,52,71)(H,53,69)(H,54,66)(H,55,70)(H,56,67)(H,57,73)(H,58,68)(H,63,64)/t25-,28-,29-,30-,31-,32-,33-,34-,38-/m0/s1. The minimum Gasteiger partial charge on any atom is -0.508 e. The lowest BCUT2D eigenvalue weighted by molar-refractivity contribution is -0.142. The number of carboxylic acids is 1. The van der Waals surface area contributed by atoms with E-state index in [4.69, 9.17) is 21.3 Å². The molecule has 1 aromatic rings. The number of benzene rings is 1. The zero-order valence-electron chi connectivity index (χ0n) is 43.7. The summed E-state index contributed by atoms with van der Waals surface area (Å²) in [6, 6.07) is -5.98. The fraction of sp³-hybridized carbons (Fsp3) is 0.625. The molecule has 0 aromatic heterocycles. The van der Waals surface area contributed by atoms with Gasteiger partial charge in [-0.25, -0.2) is 4.79 Å². The minimum absolute atomic E-state index is 0.0115. The van der Waals surface area contributed by atoms with Gasteiger partial charge in [-0.2, -0.15) is 0 Å². The summed E-state index contributed by atoms with van der Waals surface area (Å²) < 4.78 is 5.45. The van der Waals surface area contributed by atoms with Gasteiger partial charge in [0.15, 0.2) is 0 Å². The van der Waals surface area contributed by atoms with Crippen LogP contribution in [0.3, 0.4) is 0 Å². The van der Waals surface area contributed by atoms with Gasteiger partial charge in [-0.3, -0.25) is 52.7 Å². The summed E-state index contributed by atoms with van der Waals surface area (Å²) in [4.78, 5) is 163. The van der Waals surface area contributed by atoms with E-state index in [0.29, 0.717) is 12.0 Å². The van der Waals surface area contributed by atoms with Gasteiger partial charge in [0.05, 0.1) is 6.42 Å². The van der Waals surface area contributed by atoms with Gasteiger partial charge >= 0.3 is 12.1 Å².